The molecule has 1 aliphatic rings. The number of allylic oxidation sites excluding steroid dienone is 2. The van der Waals surface area contributed by atoms with E-state index < -0.39 is 0 Å². The van der Waals surface area contributed by atoms with Gasteiger partial charge in [-0.05, 0) is 104 Å². The van der Waals surface area contributed by atoms with Crippen molar-refractivity contribution in [3.05, 3.63) is 111 Å². The van der Waals surface area contributed by atoms with Gasteiger partial charge in [-0.25, -0.2) is 0 Å². The van der Waals surface area contributed by atoms with Crippen LogP contribution in [0.5, 0.6) is 0 Å². The van der Waals surface area contributed by atoms with Crippen molar-refractivity contribution in [2.45, 2.75) is 171 Å². The molecular weight excluding hydrogens is 636 g/mol. The SMILES string of the molecule is CC1=C(C)N(c2c(C(C)C)cccc2C(C)C)C(=CPc2c(C(C)(C)C)cc(C(C)(C)C)cc2C(C)(C)C)N1c1c(C(C)C)cccc1C(C)C. The van der Waals surface area contributed by atoms with Gasteiger partial charge >= 0.3 is 0 Å². The highest BCUT2D eigenvalue weighted by atomic mass is 31.1. The summed E-state index contributed by atoms with van der Waals surface area (Å²) in [6, 6.07) is 19.0. The largest absolute Gasteiger partial charge is 0.298 e. The van der Waals surface area contributed by atoms with Crippen LogP contribution >= 0.6 is 8.58 Å². The number of anilines is 2. The van der Waals surface area contributed by atoms with Crippen molar-refractivity contribution < 1.29 is 0 Å². The molecule has 0 fully saturated rings. The van der Waals surface area contributed by atoms with E-state index in [1.807, 2.05) is 0 Å². The molecule has 278 valence electrons. The van der Waals surface area contributed by atoms with Crippen molar-refractivity contribution in [2.24, 2.45) is 0 Å². The van der Waals surface area contributed by atoms with Crippen molar-refractivity contribution in [1.82, 2.24) is 0 Å². The zero-order valence-electron chi connectivity index (χ0n) is 35.9. The average molecular weight is 707 g/mol. The van der Waals surface area contributed by atoms with Gasteiger partial charge in [-0.15, -0.1) is 0 Å². The summed E-state index contributed by atoms with van der Waals surface area (Å²) in [6.07, 6.45) is 0. The molecule has 0 aromatic heterocycles. The van der Waals surface area contributed by atoms with Crippen LogP contribution in [0.4, 0.5) is 11.4 Å². The van der Waals surface area contributed by atoms with Crippen molar-refractivity contribution in [3.63, 3.8) is 0 Å². The first-order chi connectivity index (χ1) is 23.4. The van der Waals surface area contributed by atoms with E-state index in [2.05, 4.69) is 196 Å². The van der Waals surface area contributed by atoms with Crippen LogP contribution in [0.2, 0.25) is 0 Å². The van der Waals surface area contributed by atoms with Gasteiger partial charge in [-0.2, -0.15) is 0 Å². The van der Waals surface area contributed by atoms with Gasteiger partial charge in [0.25, 0.3) is 0 Å². The lowest BCUT2D eigenvalue weighted by Crippen LogP contribution is -2.31. The summed E-state index contributed by atoms with van der Waals surface area (Å²) in [5.41, 5.74) is 15.4. The lowest BCUT2D eigenvalue weighted by atomic mass is 9.75. The van der Waals surface area contributed by atoms with E-state index in [9.17, 15) is 0 Å². The second kappa shape index (κ2) is 14.9. The van der Waals surface area contributed by atoms with E-state index in [0.29, 0.717) is 32.3 Å². The standard InChI is InChI=1S/C48H71N2P/c1-29(2)36-22-20-23-37(30(3)4)43(36)49-33(9)34(10)50(44-38(31(5)6)24-21-25-39(44)32(7)8)42(49)28-51-45-40(47(14,15)16)26-35(46(11,12)13)27-41(45)48(17,18)19/h20-32,51H,1-19H3. The second-order valence-electron chi connectivity index (χ2n) is 19.4. The predicted octanol–water partition coefficient (Wildman–Crippen LogP) is 14.5. The minimum Gasteiger partial charge on any atom is -0.298 e. The molecular formula is C48H71N2P. The van der Waals surface area contributed by atoms with Crippen LogP contribution in [-0.2, 0) is 16.2 Å². The zero-order chi connectivity index (χ0) is 38.5. The molecule has 0 saturated heterocycles. The Kier molecular flexibility index (Phi) is 12.0. The summed E-state index contributed by atoms with van der Waals surface area (Å²) in [4.78, 5) is 5.29. The van der Waals surface area contributed by atoms with Gasteiger partial charge in [-0.1, -0.05) is 175 Å². The highest BCUT2D eigenvalue weighted by molar-refractivity contribution is 7.50. The molecule has 0 N–H and O–H groups in total. The van der Waals surface area contributed by atoms with Crippen LogP contribution in [0.15, 0.2) is 71.6 Å². The Labute approximate surface area is 316 Å². The predicted molar refractivity (Wildman–Crippen MR) is 231 cm³/mol. The summed E-state index contributed by atoms with van der Waals surface area (Å²) in [5.74, 6) is 5.45. The fourth-order valence-corrected chi connectivity index (χ4v) is 9.29. The first kappa shape index (κ1) is 40.9. The summed E-state index contributed by atoms with van der Waals surface area (Å²) in [7, 11) is 0.497. The molecule has 1 unspecified atom stereocenters. The van der Waals surface area contributed by atoms with Crippen LogP contribution < -0.4 is 15.1 Å². The van der Waals surface area contributed by atoms with Crippen LogP contribution in [0, 0.1) is 0 Å². The van der Waals surface area contributed by atoms with Gasteiger partial charge in [0.2, 0.25) is 0 Å². The second-order valence-corrected chi connectivity index (χ2v) is 20.5. The summed E-state index contributed by atoms with van der Waals surface area (Å²) in [5, 5.41) is 1.50. The van der Waals surface area contributed by atoms with Crippen LogP contribution in [-0.4, -0.2) is 0 Å². The molecule has 1 atom stereocenters. The normalized spacial score (nSPS) is 15.0. The first-order valence-electron chi connectivity index (χ1n) is 19.6. The highest BCUT2D eigenvalue weighted by Crippen LogP contribution is 2.50. The van der Waals surface area contributed by atoms with Crippen molar-refractivity contribution in [3.8, 4) is 0 Å². The molecule has 0 bridgehead atoms. The Balaban J connectivity index is 2.18. The highest BCUT2D eigenvalue weighted by Gasteiger charge is 2.38. The van der Waals surface area contributed by atoms with E-state index in [1.54, 1.807) is 0 Å². The minimum atomic E-state index is 0.00530. The quantitative estimate of drug-likeness (QED) is 0.215. The molecule has 4 rings (SSSR count). The molecule has 0 saturated carbocycles. The first-order valence-corrected chi connectivity index (χ1v) is 20.7. The van der Waals surface area contributed by atoms with Crippen molar-refractivity contribution in [1.29, 1.82) is 0 Å². The third kappa shape index (κ3) is 8.23. The van der Waals surface area contributed by atoms with E-state index in [1.165, 1.54) is 72.8 Å². The number of hydrogen-bond acceptors (Lipinski definition) is 2. The summed E-state index contributed by atoms with van der Waals surface area (Å²) in [6.45, 7) is 44.9. The van der Waals surface area contributed by atoms with Crippen LogP contribution in [0.25, 0.3) is 0 Å². The maximum atomic E-state index is 2.64. The Bertz CT molecular complexity index is 1630. The smallest absolute Gasteiger partial charge is 0.122 e. The Morgan fingerprint density at radius 1 is 0.510 bits per heavy atom. The van der Waals surface area contributed by atoms with Gasteiger partial charge in [0.15, 0.2) is 0 Å². The van der Waals surface area contributed by atoms with E-state index in [4.69, 9.17) is 0 Å². The summed E-state index contributed by atoms with van der Waals surface area (Å²) < 4.78 is 0. The molecule has 51 heavy (non-hydrogen) atoms. The molecule has 3 aromatic rings. The van der Waals surface area contributed by atoms with Gasteiger partial charge in [-0.3, -0.25) is 9.80 Å². The molecule has 1 aliphatic heterocycles. The topological polar surface area (TPSA) is 6.48 Å². The summed E-state index contributed by atoms with van der Waals surface area (Å²) >= 11 is 0. The molecule has 0 spiro atoms. The van der Waals surface area contributed by atoms with E-state index in [-0.39, 0.29) is 16.2 Å². The molecule has 3 aromatic carbocycles. The number of rotatable bonds is 8. The molecule has 0 radical (unpaired) electrons. The molecule has 0 amide bonds. The minimum absolute atomic E-state index is 0.00530. The van der Waals surface area contributed by atoms with Gasteiger partial charge in [0.1, 0.15) is 5.82 Å². The van der Waals surface area contributed by atoms with E-state index >= 15 is 0 Å². The van der Waals surface area contributed by atoms with Gasteiger partial charge in [0, 0.05) is 11.4 Å². The maximum Gasteiger partial charge on any atom is 0.122 e. The van der Waals surface area contributed by atoms with Crippen LogP contribution in [0.3, 0.4) is 0 Å². The number of nitrogens with zero attached hydrogens (tertiary/aromatic N) is 2. The third-order valence-corrected chi connectivity index (χ3v) is 12.0. The molecule has 1 heterocycles. The fourth-order valence-electron chi connectivity index (χ4n) is 7.55. The lowest BCUT2D eigenvalue weighted by molar-refractivity contribution is 0.554. The van der Waals surface area contributed by atoms with Crippen LogP contribution in [0.1, 0.15) is 194 Å². The fraction of sp³-hybridized carbons (Fsp3) is 0.542. The molecule has 2 nitrogen and oxygen atoms in total. The Hall–Kier alpha value is -2.83. The van der Waals surface area contributed by atoms with Crippen molar-refractivity contribution in [2.75, 3.05) is 9.80 Å². The number of benzene rings is 3. The third-order valence-electron chi connectivity index (χ3n) is 10.8. The molecule has 3 heteroatoms. The van der Waals surface area contributed by atoms with Gasteiger partial charge in [0.05, 0.1) is 11.4 Å². The monoisotopic (exact) mass is 707 g/mol. The average Bonchev–Trinajstić information content (AvgIpc) is 3.25. The molecule has 0 aliphatic carbocycles. The lowest BCUT2D eigenvalue weighted by Gasteiger charge is -2.36. The number of hydrogen-bond donors (Lipinski definition) is 0. The zero-order valence-corrected chi connectivity index (χ0v) is 36.9. The number of para-hydroxylation sites is 2. The Morgan fingerprint density at radius 3 is 1.08 bits per heavy atom. The van der Waals surface area contributed by atoms with E-state index in [0.717, 1.165) is 0 Å². The van der Waals surface area contributed by atoms with Crippen molar-refractivity contribution >= 4 is 25.3 Å². The Morgan fingerprint density at radius 2 is 0.824 bits per heavy atom. The van der Waals surface area contributed by atoms with Gasteiger partial charge < -0.3 is 0 Å². The maximum absolute atomic E-state index is 2.64.